The van der Waals surface area contributed by atoms with E-state index in [0.29, 0.717) is 38.9 Å². The molecule has 0 radical (unpaired) electrons. The molecule has 0 atom stereocenters. The van der Waals surface area contributed by atoms with E-state index in [4.69, 9.17) is 9.84 Å². The fourth-order valence-electron chi connectivity index (χ4n) is 2.05. The number of ether oxygens (including phenoxy) is 1. The topological polar surface area (TPSA) is 66.8 Å². The largest absolute Gasteiger partial charge is 0.481 e. The van der Waals surface area contributed by atoms with E-state index in [-0.39, 0.29) is 5.92 Å². The second-order valence-electron chi connectivity index (χ2n) is 4.74. The van der Waals surface area contributed by atoms with Gasteiger partial charge >= 0.3 is 5.97 Å². The normalized spacial score (nSPS) is 30.2. The first kappa shape index (κ1) is 13.5. The zero-order valence-electron chi connectivity index (χ0n) is 9.95. The van der Waals surface area contributed by atoms with Gasteiger partial charge < -0.3 is 14.9 Å². The number of aliphatic hydroxyl groups is 1. The number of hydrogen-bond acceptors (Lipinski definition) is 3. The van der Waals surface area contributed by atoms with E-state index in [1.165, 1.54) is 0 Å². The Bertz CT molecular complexity index is 219. The number of carboxylic acid groups (broad SMARTS) is 1. The molecule has 0 amide bonds. The highest BCUT2D eigenvalue weighted by molar-refractivity contribution is 5.70. The van der Waals surface area contributed by atoms with Gasteiger partial charge in [0.15, 0.2) is 0 Å². The first-order valence-corrected chi connectivity index (χ1v) is 6.10. The first-order chi connectivity index (χ1) is 7.57. The third-order valence-corrected chi connectivity index (χ3v) is 3.28. The summed E-state index contributed by atoms with van der Waals surface area (Å²) in [7, 11) is 0. The molecule has 16 heavy (non-hydrogen) atoms. The predicted octanol–water partition coefficient (Wildman–Crippen LogP) is 1.81. The van der Waals surface area contributed by atoms with E-state index in [9.17, 15) is 9.90 Å². The third kappa shape index (κ3) is 4.10. The lowest BCUT2D eigenvalue weighted by atomic mass is 9.79. The molecule has 4 heteroatoms. The van der Waals surface area contributed by atoms with Gasteiger partial charge in [0.1, 0.15) is 0 Å². The van der Waals surface area contributed by atoms with Crippen LogP contribution < -0.4 is 0 Å². The lowest BCUT2D eigenvalue weighted by Gasteiger charge is -2.34. The molecule has 0 bridgehead atoms. The molecule has 0 aromatic carbocycles. The van der Waals surface area contributed by atoms with Crippen molar-refractivity contribution >= 4 is 5.97 Å². The third-order valence-electron chi connectivity index (χ3n) is 3.28. The van der Waals surface area contributed by atoms with Crippen LogP contribution in [0.2, 0.25) is 0 Å². The summed E-state index contributed by atoms with van der Waals surface area (Å²) < 4.78 is 5.41. The summed E-state index contributed by atoms with van der Waals surface area (Å²) in [5.41, 5.74) is -0.792. The standard InChI is InChI=1S/C12H22O4/c1-2-3-8-16-9-12(15)6-4-10(5-7-12)11(13)14/h10,15H,2-9H2,1H3,(H,13,14). The van der Waals surface area contributed by atoms with Crippen molar-refractivity contribution in [3.8, 4) is 0 Å². The highest BCUT2D eigenvalue weighted by atomic mass is 16.5. The minimum atomic E-state index is -0.792. The SMILES string of the molecule is CCCCOCC1(O)CCC(C(=O)O)CC1. The Labute approximate surface area is 96.6 Å². The smallest absolute Gasteiger partial charge is 0.306 e. The molecule has 0 heterocycles. The van der Waals surface area contributed by atoms with Crippen LogP contribution in [0, 0.1) is 5.92 Å². The van der Waals surface area contributed by atoms with Gasteiger partial charge in [0.25, 0.3) is 0 Å². The number of hydrogen-bond donors (Lipinski definition) is 2. The first-order valence-electron chi connectivity index (χ1n) is 6.10. The molecule has 4 nitrogen and oxygen atoms in total. The summed E-state index contributed by atoms with van der Waals surface area (Å²) in [4.78, 5) is 10.8. The summed E-state index contributed by atoms with van der Waals surface area (Å²) in [6.07, 6.45) is 4.28. The van der Waals surface area contributed by atoms with E-state index in [1.807, 2.05) is 0 Å². The van der Waals surface area contributed by atoms with E-state index >= 15 is 0 Å². The monoisotopic (exact) mass is 230 g/mol. The van der Waals surface area contributed by atoms with Crippen molar-refractivity contribution in [1.82, 2.24) is 0 Å². The lowest BCUT2D eigenvalue weighted by Crippen LogP contribution is -2.40. The zero-order valence-corrected chi connectivity index (χ0v) is 9.95. The van der Waals surface area contributed by atoms with Crippen LogP contribution in [-0.4, -0.2) is 35.0 Å². The Hall–Kier alpha value is -0.610. The van der Waals surface area contributed by atoms with Gasteiger partial charge in [-0.15, -0.1) is 0 Å². The van der Waals surface area contributed by atoms with Crippen LogP contribution in [0.3, 0.4) is 0 Å². The molecule has 1 fully saturated rings. The second-order valence-corrected chi connectivity index (χ2v) is 4.74. The molecule has 1 saturated carbocycles. The average molecular weight is 230 g/mol. The summed E-state index contributed by atoms with van der Waals surface area (Å²) in [5, 5.41) is 19.0. The minimum Gasteiger partial charge on any atom is -0.481 e. The van der Waals surface area contributed by atoms with Gasteiger partial charge in [-0.25, -0.2) is 0 Å². The molecule has 1 aliphatic carbocycles. The minimum absolute atomic E-state index is 0.282. The van der Waals surface area contributed by atoms with Crippen molar-refractivity contribution in [2.75, 3.05) is 13.2 Å². The van der Waals surface area contributed by atoms with Gasteiger partial charge in [0, 0.05) is 6.61 Å². The Morgan fingerprint density at radius 2 is 2.06 bits per heavy atom. The van der Waals surface area contributed by atoms with Crippen molar-refractivity contribution in [2.24, 2.45) is 5.92 Å². The van der Waals surface area contributed by atoms with Crippen LogP contribution in [0.5, 0.6) is 0 Å². The van der Waals surface area contributed by atoms with E-state index in [0.717, 1.165) is 12.8 Å². The number of unbranched alkanes of at least 4 members (excludes halogenated alkanes) is 1. The molecular weight excluding hydrogens is 208 g/mol. The van der Waals surface area contributed by atoms with Crippen LogP contribution in [0.15, 0.2) is 0 Å². The molecule has 0 aromatic heterocycles. The van der Waals surface area contributed by atoms with Crippen molar-refractivity contribution in [2.45, 2.75) is 51.0 Å². The van der Waals surface area contributed by atoms with Crippen molar-refractivity contribution < 1.29 is 19.7 Å². The lowest BCUT2D eigenvalue weighted by molar-refractivity contribution is -0.146. The maximum Gasteiger partial charge on any atom is 0.306 e. The number of aliphatic carboxylic acids is 1. The van der Waals surface area contributed by atoms with Crippen LogP contribution in [-0.2, 0) is 9.53 Å². The van der Waals surface area contributed by atoms with Crippen LogP contribution in [0.4, 0.5) is 0 Å². The fraction of sp³-hybridized carbons (Fsp3) is 0.917. The van der Waals surface area contributed by atoms with Gasteiger partial charge in [0.05, 0.1) is 18.1 Å². The summed E-state index contributed by atoms with van der Waals surface area (Å²) in [6, 6.07) is 0. The van der Waals surface area contributed by atoms with Crippen LogP contribution >= 0.6 is 0 Å². The van der Waals surface area contributed by atoms with Gasteiger partial charge in [-0.3, -0.25) is 4.79 Å². The molecule has 1 aliphatic rings. The molecule has 0 saturated heterocycles. The average Bonchev–Trinajstić information content (AvgIpc) is 2.25. The van der Waals surface area contributed by atoms with E-state index in [1.54, 1.807) is 0 Å². The Morgan fingerprint density at radius 3 is 2.56 bits per heavy atom. The quantitative estimate of drug-likeness (QED) is 0.683. The highest BCUT2D eigenvalue weighted by Gasteiger charge is 2.35. The highest BCUT2D eigenvalue weighted by Crippen LogP contribution is 2.32. The molecule has 94 valence electrons. The molecule has 1 rings (SSSR count). The maximum atomic E-state index is 10.8. The van der Waals surface area contributed by atoms with Gasteiger partial charge in [-0.05, 0) is 32.1 Å². The fourth-order valence-corrected chi connectivity index (χ4v) is 2.05. The molecule has 0 aromatic rings. The zero-order chi connectivity index (χ0) is 12.0. The second kappa shape index (κ2) is 6.21. The van der Waals surface area contributed by atoms with Gasteiger partial charge in [-0.2, -0.15) is 0 Å². The van der Waals surface area contributed by atoms with Crippen molar-refractivity contribution in [1.29, 1.82) is 0 Å². The van der Waals surface area contributed by atoms with E-state index < -0.39 is 11.6 Å². The molecule has 0 unspecified atom stereocenters. The number of carboxylic acids is 1. The molecule has 0 spiro atoms. The van der Waals surface area contributed by atoms with Crippen LogP contribution in [0.1, 0.15) is 45.4 Å². The summed E-state index contributed by atoms with van der Waals surface area (Å²) in [6.45, 7) is 3.12. The van der Waals surface area contributed by atoms with Gasteiger partial charge in [-0.1, -0.05) is 13.3 Å². The molecule has 2 N–H and O–H groups in total. The molecular formula is C12H22O4. The van der Waals surface area contributed by atoms with Crippen LogP contribution in [0.25, 0.3) is 0 Å². The van der Waals surface area contributed by atoms with E-state index in [2.05, 4.69) is 6.92 Å². The van der Waals surface area contributed by atoms with Crippen molar-refractivity contribution in [3.05, 3.63) is 0 Å². The summed E-state index contributed by atoms with van der Waals surface area (Å²) in [5.74, 6) is -1.02. The Balaban J connectivity index is 2.24. The van der Waals surface area contributed by atoms with Crippen molar-refractivity contribution in [3.63, 3.8) is 0 Å². The molecule has 0 aliphatic heterocycles. The predicted molar refractivity (Wildman–Crippen MR) is 60.3 cm³/mol. The summed E-state index contributed by atoms with van der Waals surface area (Å²) >= 11 is 0. The number of rotatable bonds is 6. The number of carbonyl (C=O) groups is 1. The Kier molecular flexibility index (Phi) is 5.22. The Morgan fingerprint density at radius 1 is 1.44 bits per heavy atom. The maximum absolute atomic E-state index is 10.8. The van der Waals surface area contributed by atoms with Gasteiger partial charge in [0.2, 0.25) is 0 Å².